The summed E-state index contributed by atoms with van der Waals surface area (Å²) in [5.41, 5.74) is 1.89. The van der Waals surface area contributed by atoms with Crippen LogP contribution in [0, 0.1) is 11.3 Å². The predicted molar refractivity (Wildman–Crippen MR) is 75.7 cm³/mol. The number of rotatable bonds is 4. The third kappa shape index (κ3) is 3.48. The van der Waals surface area contributed by atoms with Gasteiger partial charge in [0.15, 0.2) is 9.84 Å². The van der Waals surface area contributed by atoms with Gasteiger partial charge in [-0.2, -0.15) is 5.26 Å². The molecule has 4 nitrogen and oxygen atoms in total. The summed E-state index contributed by atoms with van der Waals surface area (Å²) in [5.74, 6) is 0. The van der Waals surface area contributed by atoms with Gasteiger partial charge in [0, 0.05) is 18.0 Å². The van der Waals surface area contributed by atoms with Crippen molar-refractivity contribution in [3.05, 3.63) is 29.8 Å². The second-order valence-electron chi connectivity index (χ2n) is 5.08. The van der Waals surface area contributed by atoms with Crippen LogP contribution in [0.3, 0.4) is 0 Å². The molecule has 1 saturated carbocycles. The van der Waals surface area contributed by atoms with Crippen molar-refractivity contribution in [2.45, 2.75) is 37.0 Å². The molecular formula is C14H18N2O2S. The van der Waals surface area contributed by atoms with Gasteiger partial charge >= 0.3 is 0 Å². The molecule has 1 aromatic rings. The van der Waals surface area contributed by atoms with Gasteiger partial charge in [0.05, 0.1) is 17.7 Å². The van der Waals surface area contributed by atoms with Gasteiger partial charge in [0.2, 0.25) is 0 Å². The van der Waals surface area contributed by atoms with Crippen molar-refractivity contribution in [2.24, 2.45) is 0 Å². The summed E-state index contributed by atoms with van der Waals surface area (Å²) in [6, 6.07) is 9.71. The van der Waals surface area contributed by atoms with Gasteiger partial charge in [0.1, 0.15) is 0 Å². The highest BCUT2D eigenvalue weighted by Crippen LogP contribution is 2.28. The van der Waals surface area contributed by atoms with Crippen LogP contribution in [0.1, 0.15) is 24.8 Å². The Morgan fingerprint density at radius 2 is 2.00 bits per heavy atom. The number of nitrogens with zero attached hydrogens (tertiary/aromatic N) is 1. The van der Waals surface area contributed by atoms with Crippen LogP contribution in [-0.2, 0) is 16.3 Å². The molecule has 0 saturated heterocycles. The lowest BCUT2D eigenvalue weighted by molar-refractivity contribution is 0.579. The highest BCUT2D eigenvalue weighted by atomic mass is 32.2. The molecule has 0 spiro atoms. The van der Waals surface area contributed by atoms with Crippen LogP contribution >= 0.6 is 0 Å². The summed E-state index contributed by atoms with van der Waals surface area (Å²) in [6.07, 6.45) is 4.28. The monoisotopic (exact) mass is 278 g/mol. The first kappa shape index (κ1) is 13.9. The second-order valence-corrected chi connectivity index (χ2v) is 7.35. The van der Waals surface area contributed by atoms with Crippen LogP contribution in [0.15, 0.2) is 24.3 Å². The molecule has 2 atom stereocenters. The van der Waals surface area contributed by atoms with E-state index in [0.29, 0.717) is 6.42 Å². The number of sulfone groups is 1. The largest absolute Gasteiger partial charge is 0.381 e. The maximum absolute atomic E-state index is 11.7. The van der Waals surface area contributed by atoms with Gasteiger partial charge in [-0.05, 0) is 37.0 Å². The van der Waals surface area contributed by atoms with Crippen molar-refractivity contribution in [2.75, 3.05) is 11.6 Å². The van der Waals surface area contributed by atoms with E-state index in [2.05, 4.69) is 11.4 Å². The Labute approximate surface area is 114 Å². The van der Waals surface area contributed by atoms with E-state index in [1.165, 1.54) is 6.26 Å². The first-order chi connectivity index (χ1) is 9.00. The van der Waals surface area contributed by atoms with Crippen LogP contribution in [0.2, 0.25) is 0 Å². The fourth-order valence-corrected chi connectivity index (χ4v) is 4.02. The van der Waals surface area contributed by atoms with Gasteiger partial charge in [-0.3, -0.25) is 0 Å². The number of nitrogens with one attached hydrogen (secondary N) is 1. The van der Waals surface area contributed by atoms with Crippen LogP contribution in [0.4, 0.5) is 5.69 Å². The molecule has 0 aromatic heterocycles. The molecule has 19 heavy (non-hydrogen) atoms. The molecule has 0 bridgehead atoms. The van der Waals surface area contributed by atoms with Crippen molar-refractivity contribution in [1.29, 1.82) is 5.26 Å². The number of nitriles is 1. The van der Waals surface area contributed by atoms with Crippen LogP contribution in [-0.4, -0.2) is 26.0 Å². The summed E-state index contributed by atoms with van der Waals surface area (Å²) in [7, 11) is -2.99. The Kier molecular flexibility index (Phi) is 4.11. The lowest BCUT2D eigenvalue weighted by Gasteiger charge is -2.20. The van der Waals surface area contributed by atoms with E-state index in [1.807, 2.05) is 24.3 Å². The molecule has 1 aliphatic rings. The van der Waals surface area contributed by atoms with Crippen LogP contribution < -0.4 is 5.32 Å². The second kappa shape index (κ2) is 5.62. The van der Waals surface area contributed by atoms with Crippen molar-refractivity contribution in [3.63, 3.8) is 0 Å². The third-order valence-corrected chi connectivity index (χ3v) is 5.26. The van der Waals surface area contributed by atoms with E-state index in [0.717, 1.165) is 30.5 Å². The number of hydrogen-bond acceptors (Lipinski definition) is 4. The quantitative estimate of drug-likeness (QED) is 0.916. The van der Waals surface area contributed by atoms with Crippen molar-refractivity contribution in [1.82, 2.24) is 0 Å². The van der Waals surface area contributed by atoms with E-state index in [4.69, 9.17) is 5.26 Å². The van der Waals surface area contributed by atoms with E-state index in [9.17, 15) is 8.42 Å². The Bertz CT molecular complexity index is 572. The van der Waals surface area contributed by atoms with Crippen molar-refractivity contribution >= 4 is 15.5 Å². The third-order valence-electron chi connectivity index (χ3n) is 3.59. The van der Waals surface area contributed by atoms with E-state index in [1.54, 1.807) is 0 Å². The smallest absolute Gasteiger partial charge is 0.152 e. The van der Waals surface area contributed by atoms with Crippen molar-refractivity contribution in [3.8, 4) is 6.07 Å². The van der Waals surface area contributed by atoms with Crippen LogP contribution in [0.25, 0.3) is 0 Å². The zero-order valence-electron chi connectivity index (χ0n) is 11.0. The zero-order valence-corrected chi connectivity index (χ0v) is 11.8. The van der Waals surface area contributed by atoms with E-state index in [-0.39, 0.29) is 11.3 Å². The maximum Gasteiger partial charge on any atom is 0.152 e. The normalized spacial score (nSPS) is 22.9. The zero-order chi connectivity index (χ0) is 13.9. The molecular weight excluding hydrogens is 260 g/mol. The topological polar surface area (TPSA) is 70.0 Å². The van der Waals surface area contributed by atoms with Gasteiger partial charge in [0.25, 0.3) is 0 Å². The van der Waals surface area contributed by atoms with Crippen molar-refractivity contribution < 1.29 is 8.42 Å². The summed E-state index contributed by atoms with van der Waals surface area (Å²) in [5, 5.41) is 11.6. The van der Waals surface area contributed by atoms with Gasteiger partial charge in [-0.15, -0.1) is 0 Å². The Morgan fingerprint density at radius 1 is 1.32 bits per heavy atom. The van der Waals surface area contributed by atoms with E-state index >= 15 is 0 Å². The minimum atomic E-state index is -2.99. The standard InChI is InChI=1S/C14H18N2O2S/c1-19(17,18)14-4-2-3-13(14)16-12-7-5-11(6-8-12)9-10-15/h5-8,13-14,16H,2-4,9H2,1H3. The highest BCUT2D eigenvalue weighted by Gasteiger charge is 2.34. The van der Waals surface area contributed by atoms with Gasteiger partial charge < -0.3 is 5.32 Å². The lowest BCUT2D eigenvalue weighted by Crippen LogP contribution is -2.34. The molecule has 1 aliphatic carbocycles. The van der Waals surface area contributed by atoms with E-state index < -0.39 is 9.84 Å². The lowest BCUT2D eigenvalue weighted by atomic mass is 10.1. The Balaban J connectivity index is 2.06. The molecule has 0 heterocycles. The maximum atomic E-state index is 11.7. The summed E-state index contributed by atoms with van der Waals surface area (Å²) in [4.78, 5) is 0. The summed E-state index contributed by atoms with van der Waals surface area (Å²) < 4.78 is 23.4. The molecule has 1 fully saturated rings. The number of anilines is 1. The molecule has 2 rings (SSSR count). The summed E-state index contributed by atoms with van der Waals surface area (Å²) in [6.45, 7) is 0. The predicted octanol–water partition coefficient (Wildman–Crippen LogP) is 2.13. The molecule has 0 radical (unpaired) electrons. The first-order valence-electron chi connectivity index (χ1n) is 6.42. The molecule has 0 amide bonds. The average Bonchev–Trinajstić information content (AvgIpc) is 2.80. The molecule has 1 aromatic carbocycles. The molecule has 1 N–H and O–H groups in total. The minimum absolute atomic E-state index is 0.00295. The minimum Gasteiger partial charge on any atom is -0.381 e. The summed E-state index contributed by atoms with van der Waals surface area (Å²) >= 11 is 0. The fraction of sp³-hybridized carbons (Fsp3) is 0.500. The molecule has 0 aliphatic heterocycles. The fourth-order valence-electron chi connectivity index (χ4n) is 2.63. The molecule has 5 heteroatoms. The molecule has 2 unspecified atom stereocenters. The molecule has 102 valence electrons. The Morgan fingerprint density at radius 3 is 2.58 bits per heavy atom. The van der Waals surface area contributed by atoms with Crippen LogP contribution in [0.5, 0.6) is 0 Å². The number of benzene rings is 1. The van der Waals surface area contributed by atoms with Gasteiger partial charge in [-0.1, -0.05) is 12.1 Å². The number of hydrogen-bond donors (Lipinski definition) is 1. The highest BCUT2D eigenvalue weighted by molar-refractivity contribution is 7.91. The average molecular weight is 278 g/mol. The SMILES string of the molecule is CS(=O)(=O)C1CCCC1Nc1ccc(CC#N)cc1. The first-order valence-corrected chi connectivity index (χ1v) is 8.37. The van der Waals surface area contributed by atoms with Gasteiger partial charge in [-0.25, -0.2) is 8.42 Å². The Hall–Kier alpha value is -1.54.